The second kappa shape index (κ2) is 7.20. The van der Waals surface area contributed by atoms with Gasteiger partial charge in [0, 0.05) is 16.8 Å². The molecule has 3 nitrogen and oxygen atoms in total. The molecule has 5 heteroatoms. The molecule has 21 heavy (non-hydrogen) atoms. The summed E-state index contributed by atoms with van der Waals surface area (Å²) in [5.41, 5.74) is 1.58. The fourth-order valence-corrected chi connectivity index (χ4v) is 2.08. The molecule has 0 saturated carbocycles. The van der Waals surface area contributed by atoms with Crippen molar-refractivity contribution >= 4 is 23.2 Å². The van der Waals surface area contributed by atoms with E-state index in [4.69, 9.17) is 11.6 Å². The van der Waals surface area contributed by atoms with Crippen molar-refractivity contribution in [2.45, 2.75) is 13.0 Å². The van der Waals surface area contributed by atoms with Gasteiger partial charge in [-0.05, 0) is 42.8 Å². The first-order chi connectivity index (χ1) is 10.0. The first kappa shape index (κ1) is 15.5. The summed E-state index contributed by atoms with van der Waals surface area (Å²) in [6, 6.07) is 13.1. The molecular formula is C16H16ClFN2O. The number of nitrogens with one attached hydrogen (secondary N) is 2. The molecule has 0 aliphatic heterocycles. The molecule has 0 unspecified atom stereocenters. The number of amides is 1. The van der Waals surface area contributed by atoms with Crippen LogP contribution in [0.25, 0.3) is 0 Å². The predicted octanol–water partition coefficient (Wildman–Crippen LogP) is 3.77. The van der Waals surface area contributed by atoms with E-state index in [9.17, 15) is 9.18 Å². The Morgan fingerprint density at radius 1 is 1.24 bits per heavy atom. The number of carbonyl (C=O) groups excluding carboxylic acids is 1. The smallest absolute Gasteiger partial charge is 0.238 e. The van der Waals surface area contributed by atoms with E-state index in [0.29, 0.717) is 10.7 Å². The average Bonchev–Trinajstić information content (AvgIpc) is 2.45. The lowest BCUT2D eigenvalue weighted by atomic mass is 10.1. The van der Waals surface area contributed by atoms with Gasteiger partial charge in [-0.1, -0.05) is 29.8 Å². The Balaban J connectivity index is 1.84. The van der Waals surface area contributed by atoms with E-state index in [-0.39, 0.29) is 24.3 Å². The van der Waals surface area contributed by atoms with E-state index in [1.54, 1.807) is 36.4 Å². The van der Waals surface area contributed by atoms with Crippen LogP contribution in [0.15, 0.2) is 48.5 Å². The lowest BCUT2D eigenvalue weighted by molar-refractivity contribution is -0.115. The Kier molecular flexibility index (Phi) is 5.31. The van der Waals surface area contributed by atoms with Crippen LogP contribution in [-0.2, 0) is 4.79 Å². The number of hydrogen-bond donors (Lipinski definition) is 2. The summed E-state index contributed by atoms with van der Waals surface area (Å²) in [6.07, 6.45) is 0. The van der Waals surface area contributed by atoms with Gasteiger partial charge in [-0.25, -0.2) is 4.39 Å². The maximum Gasteiger partial charge on any atom is 0.238 e. The van der Waals surface area contributed by atoms with Crippen LogP contribution < -0.4 is 10.6 Å². The van der Waals surface area contributed by atoms with Gasteiger partial charge >= 0.3 is 0 Å². The minimum atomic E-state index is -0.273. The van der Waals surface area contributed by atoms with E-state index < -0.39 is 0 Å². The second-order valence-corrected chi connectivity index (χ2v) is 5.15. The van der Waals surface area contributed by atoms with Gasteiger partial charge in [0.1, 0.15) is 5.82 Å². The van der Waals surface area contributed by atoms with Gasteiger partial charge in [0.25, 0.3) is 0 Å². The third-order valence-electron chi connectivity index (χ3n) is 3.05. The van der Waals surface area contributed by atoms with Crippen molar-refractivity contribution in [1.82, 2.24) is 5.32 Å². The highest BCUT2D eigenvalue weighted by Crippen LogP contribution is 2.15. The molecule has 0 saturated heterocycles. The molecule has 2 aromatic rings. The Labute approximate surface area is 128 Å². The van der Waals surface area contributed by atoms with E-state index in [1.807, 2.05) is 6.92 Å². The van der Waals surface area contributed by atoms with Crippen molar-refractivity contribution in [3.8, 4) is 0 Å². The molecule has 0 heterocycles. The Morgan fingerprint density at radius 2 is 1.95 bits per heavy atom. The van der Waals surface area contributed by atoms with Crippen molar-refractivity contribution in [3.05, 3.63) is 64.9 Å². The van der Waals surface area contributed by atoms with E-state index in [2.05, 4.69) is 10.6 Å². The topological polar surface area (TPSA) is 41.1 Å². The summed E-state index contributed by atoms with van der Waals surface area (Å²) in [7, 11) is 0. The standard InChI is InChI=1S/C16H16ClFN2O/c1-11(12-5-7-14(18)8-6-12)19-10-16(21)20-15-4-2-3-13(17)9-15/h2-9,11,19H,10H2,1H3,(H,20,21)/t11-/m0/s1. The minimum absolute atomic E-state index is 0.0456. The predicted molar refractivity (Wildman–Crippen MR) is 82.9 cm³/mol. The Bertz CT molecular complexity index is 616. The summed E-state index contributed by atoms with van der Waals surface area (Å²) in [4.78, 5) is 11.8. The SMILES string of the molecule is C[C@H](NCC(=O)Nc1cccc(Cl)c1)c1ccc(F)cc1. The quantitative estimate of drug-likeness (QED) is 0.883. The van der Waals surface area contributed by atoms with Gasteiger partial charge < -0.3 is 10.6 Å². The largest absolute Gasteiger partial charge is 0.325 e. The molecule has 110 valence electrons. The van der Waals surface area contributed by atoms with Crippen LogP contribution in [0.4, 0.5) is 10.1 Å². The molecule has 2 N–H and O–H groups in total. The fourth-order valence-electron chi connectivity index (χ4n) is 1.89. The molecule has 1 atom stereocenters. The fraction of sp³-hybridized carbons (Fsp3) is 0.188. The van der Waals surface area contributed by atoms with Crippen LogP contribution >= 0.6 is 11.6 Å². The van der Waals surface area contributed by atoms with Crippen LogP contribution in [0.2, 0.25) is 5.02 Å². The Hall–Kier alpha value is -1.91. The van der Waals surface area contributed by atoms with E-state index in [0.717, 1.165) is 5.56 Å². The number of anilines is 1. The van der Waals surface area contributed by atoms with Gasteiger partial charge in [-0.2, -0.15) is 0 Å². The van der Waals surface area contributed by atoms with Gasteiger partial charge in [0.15, 0.2) is 0 Å². The van der Waals surface area contributed by atoms with Crippen molar-refractivity contribution in [3.63, 3.8) is 0 Å². The summed E-state index contributed by atoms with van der Waals surface area (Å²) < 4.78 is 12.8. The van der Waals surface area contributed by atoms with Crippen molar-refractivity contribution in [2.24, 2.45) is 0 Å². The van der Waals surface area contributed by atoms with Crippen LogP contribution in [0.1, 0.15) is 18.5 Å². The number of halogens is 2. The molecule has 0 aromatic heterocycles. The van der Waals surface area contributed by atoms with Crippen LogP contribution in [0, 0.1) is 5.82 Å². The normalized spacial score (nSPS) is 12.0. The van der Waals surface area contributed by atoms with Crippen LogP contribution in [-0.4, -0.2) is 12.5 Å². The van der Waals surface area contributed by atoms with Crippen LogP contribution in [0.3, 0.4) is 0 Å². The highest BCUT2D eigenvalue weighted by atomic mass is 35.5. The van der Waals surface area contributed by atoms with E-state index in [1.165, 1.54) is 12.1 Å². The Morgan fingerprint density at radius 3 is 2.62 bits per heavy atom. The molecule has 0 radical (unpaired) electrons. The molecule has 0 bridgehead atoms. The molecule has 0 spiro atoms. The summed E-state index contributed by atoms with van der Waals surface area (Å²) >= 11 is 5.85. The highest BCUT2D eigenvalue weighted by molar-refractivity contribution is 6.30. The maximum absolute atomic E-state index is 12.8. The summed E-state index contributed by atoms with van der Waals surface area (Å²) in [5, 5.41) is 6.41. The van der Waals surface area contributed by atoms with Crippen molar-refractivity contribution in [1.29, 1.82) is 0 Å². The van der Waals surface area contributed by atoms with Crippen molar-refractivity contribution < 1.29 is 9.18 Å². The molecule has 1 amide bonds. The third-order valence-corrected chi connectivity index (χ3v) is 3.28. The van der Waals surface area contributed by atoms with Crippen molar-refractivity contribution in [2.75, 3.05) is 11.9 Å². The van der Waals surface area contributed by atoms with Gasteiger partial charge in [0.2, 0.25) is 5.91 Å². The monoisotopic (exact) mass is 306 g/mol. The zero-order chi connectivity index (χ0) is 15.2. The number of rotatable bonds is 5. The summed E-state index contributed by atoms with van der Waals surface area (Å²) in [6.45, 7) is 2.07. The minimum Gasteiger partial charge on any atom is -0.325 e. The maximum atomic E-state index is 12.8. The molecule has 2 rings (SSSR count). The zero-order valence-corrected chi connectivity index (χ0v) is 12.3. The zero-order valence-electron chi connectivity index (χ0n) is 11.6. The van der Waals surface area contributed by atoms with Gasteiger partial charge in [-0.3, -0.25) is 4.79 Å². The molecular weight excluding hydrogens is 291 g/mol. The van der Waals surface area contributed by atoms with E-state index >= 15 is 0 Å². The highest BCUT2D eigenvalue weighted by Gasteiger charge is 2.08. The lowest BCUT2D eigenvalue weighted by Crippen LogP contribution is -2.30. The number of hydrogen-bond acceptors (Lipinski definition) is 2. The third kappa shape index (κ3) is 4.85. The first-order valence-electron chi connectivity index (χ1n) is 6.59. The summed E-state index contributed by atoms with van der Waals surface area (Å²) in [5.74, 6) is -0.434. The van der Waals surface area contributed by atoms with Crippen LogP contribution in [0.5, 0.6) is 0 Å². The second-order valence-electron chi connectivity index (χ2n) is 4.71. The molecule has 2 aromatic carbocycles. The van der Waals surface area contributed by atoms with Gasteiger partial charge in [0.05, 0.1) is 6.54 Å². The first-order valence-corrected chi connectivity index (χ1v) is 6.96. The molecule has 0 fully saturated rings. The lowest BCUT2D eigenvalue weighted by Gasteiger charge is -2.14. The molecule has 0 aliphatic rings. The van der Waals surface area contributed by atoms with Gasteiger partial charge in [-0.15, -0.1) is 0 Å². The number of carbonyl (C=O) groups is 1. The molecule has 0 aliphatic carbocycles. The number of benzene rings is 2. The average molecular weight is 307 g/mol.